The van der Waals surface area contributed by atoms with Gasteiger partial charge in [-0.3, -0.25) is 4.79 Å². The molecule has 30 heavy (non-hydrogen) atoms. The van der Waals surface area contributed by atoms with Gasteiger partial charge in [0.1, 0.15) is 17.6 Å². The van der Waals surface area contributed by atoms with E-state index in [4.69, 9.17) is 9.47 Å². The molecule has 1 saturated carbocycles. The van der Waals surface area contributed by atoms with Crippen molar-refractivity contribution in [2.45, 2.75) is 64.1 Å². The summed E-state index contributed by atoms with van der Waals surface area (Å²) >= 11 is 1.58. The van der Waals surface area contributed by atoms with Gasteiger partial charge in [-0.1, -0.05) is 12.8 Å². The molecule has 2 aliphatic rings. The van der Waals surface area contributed by atoms with Crippen LogP contribution in [-0.4, -0.2) is 48.1 Å². The van der Waals surface area contributed by atoms with Crippen LogP contribution in [0.1, 0.15) is 59.6 Å². The first kappa shape index (κ1) is 21.1. The maximum absolute atomic E-state index is 12.9. The van der Waals surface area contributed by atoms with Crippen molar-refractivity contribution >= 4 is 17.2 Å². The Balaban J connectivity index is 1.39. The zero-order chi connectivity index (χ0) is 20.9. The number of piperidine rings is 1. The van der Waals surface area contributed by atoms with Gasteiger partial charge in [0.2, 0.25) is 0 Å². The number of ether oxygens (including phenoxy) is 2. The average Bonchev–Trinajstić information content (AvgIpc) is 3.45. The van der Waals surface area contributed by atoms with E-state index in [2.05, 4.69) is 15.2 Å². The molecule has 1 saturated heterocycles. The second-order valence-electron chi connectivity index (χ2n) is 8.19. The van der Waals surface area contributed by atoms with Crippen LogP contribution in [0, 0.1) is 6.92 Å². The molecule has 1 amide bonds. The first-order valence-electron chi connectivity index (χ1n) is 10.9. The number of hydrogen-bond acceptors (Lipinski definition) is 6. The third-order valence-corrected chi connectivity index (χ3v) is 6.96. The Bertz CT molecular complexity index is 855. The minimum atomic E-state index is -0.169. The van der Waals surface area contributed by atoms with Gasteiger partial charge in [0, 0.05) is 24.5 Å². The highest BCUT2D eigenvalue weighted by Gasteiger charge is 2.28. The molecule has 0 spiro atoms. The molecule has 4 rings (SSSR count). The van der Waals surface area contributed by atoms with E-state index in [1.54, 1.807) is 24.5 Å². The summed E-state index contributed by atoms with van der Waals surface area (Å²) in [6.45, 7) is 4.52. The summed E-state index contributed by atoms with van der Waals surface area (Å²) in [5.74, 6) is 1.10. The van der Waals surface area contributed by atoms with Crippen molar-refractivity contribution in [3.8, 4) is 11.5 Å². The highest BCUT2D eigenvalue weighted by Crippen LogP contribution is 2.30. The summed E-state index contributed by atoms with van der Waals surface area (Å²) in [6, 6.07) is 6.22. The topological polar surface area (TPSA) is 63.7 Å². The molecule has 2 aromatic rings. The number of amides is 1. The SMILES string of the molecule is COc1ccc(OC2CCN(C3CCCC3)CC2)c(C(=O)NCc2csc(C)n2)c1. The summed E-state index contributed by atoms with van der Waals surface area (Å²) in [7, 11) is 1.61. The van der Waals surface area contributed by atoms with E-state index in [-0.39, 0.29) is 12.0 Å². The smallest absolute Gasteiger partial charge is 0.255 e. The molecule has 0 radical (unpaired) electrons. The molecular weight excluding hydrogens is 398 g/mol. The van der Waals surface area contributed by atoms with E-state index in [1.165, 1.54) is 25.7 Å². The molecule has 0 unspecified atom stereocenters. The van der Waals surface area contributed by atoms with Crippen molar-refractivity contribution in [3.63, 3.8) is 0 Å². The third kappa shape index (κ3) is 5.13. The van der Waals surface area contributed by atoms with E-state index in [1.807, 2.05) is 24.4 Å². The van der Waals surface area contributed by atoms with E-state index in [0.29, 0.717) is 23.6 Å². The highest BCUT2D eigenvalue weighted by atomic mass is 32.1. The van der Waals surface area contributed by atoms with Crippen LogP contribution in [0.25, 0.3) is 0 Å². The number of methoxy groups -OCH3 is 1. The van der Waals surface area contributed by atoms with Gasteiger partial charge in [-0.2, -0.15) is 0 Å². The van der Waals surface area contributed by atoms with E-state index < -0.39 is 0 Å². The van der Waals surface area contributed by atoms with Crippen molar-refractivity contribution in [2.75, 3.05) is 20.2 Å². The van der Waals surface area contributed by atoms with Crippen LogP contribution in [0.15, 0.2) is 23.6 Å². The summed E-state index contributed by atoms with van der Waals surface area (Å²) in [5, 5.41) is 5.93. The van der Waals surface area contributed by atoms with Crippen molar-refractivity contribution in [2.24, 2.45) is 0 Å². The van der Waals surface area contributed by atoms with Gasteiger partial charge >= 0.3 is 0 Å². The van der Waals surface area contributed by atoms with Crippen molar-refractivity contribution in [3.05, 3.63) is 39.8 Å². The van der Waals surface area contributed by atoms with Crippen LogP contribution in [0.5, 0.6) is 11.5 Å². The lowest BCUT2D eigenvalue weighted by Crippen LogP contribution is -2.43. The zero-order valence-corrected chi connectivity index (χ0v) is 18.7. The Morgan fingerprint density at radius 1 is 1.23 bits per heavy atom. The average molecular weight is 430 g/mol. The van der Waals surface area contributed by atoms with Crippen molar-refractivity contribution in [1.29, 1.82) is 0 Å². The fraction of sp³-hybridized carbons (Fsp3) is 0.565. The number of aromatic nitrogens is 1. The minimum Gasteiger partial charge on any atom is -0.497 e. The number of aryl methyl sites for hydroxylation is 1. The third-order valence-electron chi connectivity index (χ3n) is 6.14. The van der Waals surface area contributed by atoms with Gasteiger partial charge in [-0.05, 0) is 50.8 Å². The van der Waals surface area contributed by atoms with Gasteiger partial charge in [-0.25, -0.2) is 4.98 Å². The lowest BCUT2D eigenvalue weighted by Gasteiger charge is -2.36. The molecule has 1 aliphatic heterocycles. The molecule has 2 heterocycles. The largest absolute Gasteiger partial charge is 0.497 e. The van der Waals surface area contributed by atoms with Crippen molar-refractivity contribution in [1.82, 2.24) is 15.2 Å². The van der Waals surface area contributed by atoms with Crippen LogP contribution in [0.3, 0.4) is 0 Å². The van der Waals surface area contributed by atoms with Crippen LogP contribution in [0.4, 0.5) is 0 Å². The van der Waals surface area contributed by atoms with Gasteiger partial charge < -0.3 is 19.7 Å². The normalized spacial score (nSPS) is 18.5. The Morgan fingerprint density at radius 3 is 2.67 bits per heavy atom. The van der Waals surface area contributed by atoms with Gasteiger partial charge in [0.15, 0.2) is 0 Å². The fourth-order valence-corrected chi connectivity index (χ4v) is 5.09. The van der Waals surface area contributed by atoms with Crippen molar-refractivity contribution < 1.29 is 14.3 Å². The second kappa shape index (κ2) is 9.79. The Morgan fingerprint density at radius 2 is 2.00 bits per heavy atom. The molecule has 1 aliphatic carbocycles. The molecule has 7 heteroatoms. The second-order valence-corrected chi connectivity index (χ2v) is 9.26. The van der Waals surface area contributed by atoms with Crippen LogP contribution >= 0.6 is 11.3 Å². The Kier molecular flexibility index (Phi) is 6.89. The van der Waals surface area contributed by atoms with Crippen LogP contribution in [-0.2, 0) is 6.54 Å². The number of carbonyl (C=O) groups is 1. The first-order chi connectivity index (χ1) is 14.6. The molecule has 162 valence electrons. The minimum absolute atomic E-state index is 0.142. The predicted molar refractivity (Wildman–Crippen MR) is 118 cm³/mol. The molecular formula is C23H31N3O3S. The van der Waals surface area contributed by atoms with Gasteiger partial charge in [0.25, 0.3) is 5.91 Å². The molecule has 0 bridgehead atoms. The number of benzene rings is 1. The number of hydrogen-bond donors (Lipinski definition) is 1. The van der Waals surface area contributed by atoms with E-state index >= 15 is 0 Å². The van der Waals surface area contributed by atoms with Crippen LogP contribution < -0.4 is 14.8 Å². The number of nitrogens with zero attached hydrogens (tertiary/aromatic N) is 2. The number of nitrogens with one attached hydrogen (secondary N) is 1. The summed E-state index contributed by atoms with van der Waals surface area (Å²) < 4.78 is 11.7. The lowest BCUT2D eigenvalue weighted by atomic mass is 10.0. The molecule has 6 nitrogen and oxygen atoms in total. The molecule has 1 aromatic carbocycles. The van der Waals surface area contributed by atoms with E-state index in [9.17, 15) is 4.79 Å². The molecule has 0 atom stereocenters. The quantitative estimate of drug-likeness (QED) is 0.715. The maximum Gasteiger partial charge on any atom is 0.255 e. The molecule has 2 fully saturated rings. The monoisotopic (exact) mass is 429 g/mol. The fourth-order valence-electron chi connectivity index (χ4n) is 4.48. The number of rotatable bonds is 7. The molecule has 1 N–H and O–H groups in total. The Hall–Kier alpha value is -2.12. The number of carbonyl (C=O) groups excluding carboxylic acids is 1. The molecule has 1 aromatic heterocycles. The standard InChI is InChI=1S/C23H31N3O3S/c1-16-25-17(15-30-16)14-24-23(27)21-13-20(28-2)7-8-22(21)29-19-9-11-26(12-10-19)18-5-3-4-6-18/h7-8,13,15,18-19H,3-6,9-12,14H2,1-2H3,(H,24,27). The summed E-state index contributed by atoms with van der Waals surface area (Å²) in [4.78, 5) is 19.9. The predicted octanol–water partition coefficient (Wildman–Crippen LogP) is 4.18. The first-order valence-corrected chi connectivity index (χ1v) is 11.8. The van der Waals surface area contributed by atoms with Gasteiger partial charge in [0.05, 0.1) is 29.9 Å². The summed E-state index contributed by atoms with van der Waals surface area (Å²) in [6.07, 6.45) is 7.56. The van der Waals surface area contributed by atoms with Gasteiger partial charge in [-0.15, -0.1) is 11.3 Å². The number of likely N-dealkylation sites (tertiary alicyclic amines) is 1. The van der Waals surface area contributed by atoms with E-state index in [0.717, 1.165) is 42.7 Å². The maximum atomic E-state index is 12.9. The Labute approximate surface area is 182 Å². The summed E-state index contributed by atoms with van der Waals surface area (Å²) in [5.41, 5.74) is 1.38. The van der Waals surface area contributed by atoms with Crippen LogP contribution in [0.2, 0.25) is 0 Å². The highest BCUT2D eigenvalue weighted by molar-refractivity contribution is 7.09. The zero-order valence-electron chi connectivity index (χ0n) is 17.9. The number of thiazole rings is 1. The lowest BCUT2D eigenvalue weighted by molar-refractivity contribution is 0.0749.